The van der Waals surface area contributed by atoms with Crippen molar-refractivity contribution in [3.8, 4) is 0 Å². The molecule has 0 aliphatic carbocycles. The lowest BCUT2D eigenvalue weighted by Crippen LogP contribution is -2.46. The molecule has 2 amide bonds. The Morgan fingerprint density at radius 3 is 2.72 bits per heavy atom. The number of thioether (sulfide) groups is 1. The second-order valence-corrected chi connectivity index (χ2v) is 7.51. The molecule has 3 aromatic rings. The van der Waals surface area contributed by atoms with Crippen LogP contribution < -0.4 is 10.6 Å². The Balaban J connectivity index is 1.65. The van der Waals surface area contributed by atoms with Gasteiger partial charge in [-0.05, 0) is 42.0 Å². The number of esters is 1. The van der Waals surface area contributed by atoms with Crippen LogP contribution in [0, 0.1) is 0 Å². The lowest BCUT2D eigenvalue weighted by molar-refractivity contribution is -0.139. The molecule has 1 aliphatic heterocycles. The smallest absolute Gasteiger partial charge is 0.338 e. The van der Waals surface area contributed by atoms with E-state index in [4.69, 9.17) is 9.15 Å². The minimum atomic E-state index is -0.690. The summed E-state index contributed by atoms with van der Waals surface area (Å²) in [6, 6.07) is 16.7. The Morgan fingerprint density at radius 2 is 1.97 bits per heavy atom. The summed E-state index contributed by atoms with van der Waals surface area (Å²) in [7, 11) is 0. The molecule has 0 bridgehead atoms. The zero-order chi connectivity index (χ0) is 20.2. The van der Waals surface area contributed by atoms with Crippen molar-refractivity contribution in [1.82, 2.24) is 10.6 Å². The molecule has 1 aromatic heterocycles. The number of benzene rings is 2. The highest BCUT2D eigenvalue weighted by molar-refractivity contribution is 7.99. The molecule has 7 heteroatoms. The van der Waals surface area contributed by atoms with E-state index < -0.39 is 12.0 Å². The number of ether oxygens (including phenoxy) is 1. The first-order valence-corrected chi connectivity index (χ1v) is 10.3. The third-order valence-electron chi connectivity index (χ3n) is 4.58. The number of carbonyl (C=O) groups is 2. The Kier molecular flexibility index (Phi) is 5.57. The van der Waals surface area contributed by atoms with Crippen LogP contribution in [0.4, 0.5) is 4.79 Å². The lowest BCUT2D eigenvalue weighted by Gasteiger charge is -2.27. The standard InChI is InChI=1S/C22H20N2O4S/c1-2-27-21(25)19-17(23-22(26)24-20(19)18-8-5-11-28-18)13-29-16-10-9-14-6-3-4-7-15(14)12-16/h3-12,20H,2,13H2,1H3,(H2,23,24,26). The molecule has 1 atom stereocenters. The van der Waals surface area contributed by atoms with Crippen LogP contribution in [0.1, 0.15) is 18.7 Å². The van der Waals surface area contributed by atoms with Gasteiger partial charge in [-0.25, -0.2) is 9.59 Å². The lowest BCUT2D eigenvalue weighted by atomic mass is 10.0. The minimum absolute atomic E-state index is 0.242. The molecule has 0 spiro atoms. The number of fused-ring (bicyclic) bond motifs is 1. The van der Waals surface area contributed by atoms with Gasteiger partial charge in [-0.2, -0.15) is 0 Å². The predicted octanol–water partition coefficient (Wildman–Crippen LogP) is 4.40. The Labute approximate surface area is 172 Å². The van der Waals surface area contributed by atoms with Crippen LogP contribution >= 0.6 is 11.8 Å². The van der Waals surface area contributed by atoms with E-state index in [0.29, 0.717) is 22.8 Å². The van der Waals surface area contributed by atoms with Crippen LogP contribution in [-0.4, -0.2) is 24.4 Å². The third kappa shape index (κ3) is 4.14. The normalized spacial score (nSPS) is 16.4. The summed E-state index contributed by atoms with van der Waals surface area (Å²) >= 11 is 1.54. The Bertz CT molecular complexity index is 1080. The van der Waals surface area contributed by atoms with Crippen molar-refractivity contribution in [3.05, 3.63) is 77.9 Å². The molecule has 2 N–H and O–H groups in total. The SMILES string of the molecule is CCOC(=O)C1=C(CSc2ccc3ccccc3c2)NC(=O)NC1c1ccco1. The number of amides is 2. The highest BCUT2D eigenvalue weighted by atomic mass is 32.2. The van der Waals surface area contributed by atoms with Crippen molar-refractivity contribution >= 4 is 34.5 Å². The molecule has 1 aliphatic rings. The average Bonchev–Trinajstić information content (AvgIpc) is 3.26. The highest BCUT2D eigenvalue weighted by Gasteiger charge is 2.35. The average molecular weight is 408 g/mol. The number of furan rings is 1. The topological polar surface area (TPSA) is 80.6 Å². The van der Waals surface area contributed by atoms with Gasteiger partial charge in [0.15, 0.2) is 0 Å². The molecular formula is C22H20N2O4S. The zero-order valence-corrected chi connectivity index (χ0v) is 16.6. The molecule has 6 nitrogen and oxygen atoms in total. The van der Waals surface area contributed by atoms with Gasteiger partial charge < -0.3 is 19.8 Å². The van der Waals surface area contributed by atoms with Crippen LogP contribution in [0.25, 0.3) is 10.8 Å². The van der Waals surface area contributed by atoms with Crippen molar-refractivity contribution in [2.45, 2.75) is 17.9 Å². The molecule has 2 aromatic carbocycles. The first-order chi connectivity index (χ1) is 14.2. The van der Waals surface area contributed by atoms with Crippen molar-refractivity contribution in [3.63, 3.8) is 0 Å². The summed E-state index contributed by atoms with van der Waals surface area (Å²) in [4.78, 5) is 26.0. The van der Waals surface area contributed by atoms with E-state index in [1.807, 2.05) is 18.2 Å². The number of nitrogens with one attached hydrogen (secondary N) is 2. The summed E-state index contributed by atoms with van der Waals surface area (Å²) in [5.41, 5.74) is 0.876. The van der Waals surface area contributed by atoms with E-state index in [9.17, 15) is 9.59 Å². The molecule has 148 valence electrons. The number of hydrogen-bond acceptors (Lipinski definition) is 5. The summed E-state index contributed by atoms with van der Waals surface area (Å²) in [6.45, 7) is 1.99. The Morgan fingerprint density at radius 1 is 1.14 bits per heavy atom. The summed E-state index contributed by atoms with van der Waals surface area (Å²) < 4.78 is 10.7. The monoisotopic (exact) mass is 408 g/mol. The molecular weight excluding hydrogens is 388 g/mol. The fourth-order valence-electron chi connectivity index (χ4n) is 3.26. The predicted molar refractivity (Wildman–Crippen MR) is 111 cm³/mol. The molecule has 4 rings (SSSR count). The maximum atomic E-state index is 12.7. The number of rotatable bonds is 6. The van der Waals surface area contributed by atoms with Gasteiger partial charge in [-0.1, -0.05) is 30.3 Å². The fourth-order valence-corrected chi connectivity index (χ4v) is 4.18. The molecule has 0 saturated heterocycles. The number of carbonyl (C=O) groups excluding carboxylic acids is 2. The van der Waals surface area contributed by atoms with Crippen LogP contribution in [0.5, 0.6) is 0 Å². The van der Waals surface area contributed by atoms with Crippen molar-refractivity contribution < 1.29 is 18.7 Å². The van der Waals surface area contributed by atoms with E-state index in [1.165, 1.54) is 6.26 Å². The van der Waals surface area contributed by atoms with Gasteiger partial charge in [0.2, 0.25) is 0 Å². The maximum absolute atomic E-state index is 12.7. The van der Waals surface area contributed by atoms with Crippen molar-refractivity contribution in [2.75, 3.05) is 12.4 Å². The van der Waals surface area contributed by atoms with Gasteiger partial charge in [0.1, 0.15) is 11.8 Å². The van der Waals surface area contributed by atoms with Crippen molar-refractivity contribution in [1.29, 1.82) is 0 Å². The summed E-state index contributed by atoms with van der Waals surface area (Å²) in [6.07, 6.45) is 1.51. The van der Waals surface area contributed by atoms with E-state index in [2.05, 4.69) is 34.9 Å². The zero-order valence-electron chi connectivity index (χ0n) is 15.8. The third-order valence-corrected chi connectivity index (χ3v) is 5.60. The van der Waals surface area contributed by atoms with E-state index in [1.54, 1.807) is 30.8 Å². The quantitative estimate of drug-likeness (QED) is 0.467. The number of urea groups is 1. The van der Waals surface area contributed by atoms with E-state index >= 15 is 0 Å². The van der Waals surface area contributed by atoms with Gasteiger partial charge in [0, 0.05) is 16.3 Å². The first kappa shape index (κ1) is 19.1. The van der Waals surface area contributed by atoms with Gasteiger partial charge in [0.05, 0.1) is 18.4 Å². The van der Waals surface area contributed by atoms with Crippen molar-refractivity contribution in [2.24, 2.45) is 0 Å². The maximum Gasteiger partial charge on any atom is 0.338 e. The summed E-state index contributed by atoms with van der Waals surface area (Å²) in [5.74, 6) is 0.420. The van der Waals surface area contributed by atoms with Gasteiger partial charge >= 0.3 is 12.0 Å². The summed E-state index contributed by atoms with van der Waals surface area (Å²) in [5, 5.41) is 7.82. The molecule has 0 saturated carbocycles. The molecule has 0 fully saturated rings. The van der Waals surface area contributed by atoms with Crippen LogP contribution in [-0.2, 0) is 9.53 Å². The molecule has 29 heavy (non-hydrogen) atoms. The van der Waals surface area contributed by atoms with Crippen LogP contribution in [0.3, 0.4) is 0 Å². The minimum Gasteiger partial charge on any atom is -0.467 e. The second kappa shape index (κ2) is 8.45. The molecule has 2 heterocycles. The van der Waals surface area contributed by atoms with E-state index in [0.717, 1.165) is 15.7 Å². The number of hydrogen-bond donors (Lipinski definition) is 2. The first-order valence-electron chi connectivity index (χ1n) is 9.28. The second-order valence-electron chi connectivity index (χ2n) is 6.46. The van der Waals surface area contributed by atoms with Gasteiger partial charge in [-0.3, -0.25) is 0 Å². The van der Waals surface area contributed by atoms with Crippen LogP contribution in [0.15, 0.2) is 81.4 Å². The fraction of sp³-hybridized carbons (Fsp3) is 0.182. The van der Waals surface area contributed by atoms with Gasteiger partial charge in [-0.15, -0.1) is 11.8 Å². The largest absolute Gasteiger partial charge is 0.467 e. The van der Waals surface area contributed by atoms with Gasteiger partial charge in [0.25, 0.3) is 0 Å². The molecule has 0 radical (unpaired) electrons. The Hall–Kier alpha value is -3.19. The van der Waals surface area contributed by atoms with E-state index in [-0.39, 0.29) is 12.6 Å². The molecule has 1 unspecified atom stereocenters. The van der Waals surface area contributed by atoms with Crippen LogP contribution in [0.2, 0.25) is 0 Å². The highest BCUT2D eigenvalue weighted by Crippen LogP contribution is 2.31.